The molecule has 0 saturated carbocycles. The molecule has 1 aliphatic heterocycles. The SMILES string of the molecule is CCC(C)C1CNC(C(C)C)CN1C(C)CC. The van der Waals surface area contributed by atoms with Crippen molar-refractivity contribution in [3.8, 4) is 0 Å². The Hall–Kier alpha value is -0.0800. The van der Waals surface area contributed by atoms with Crippen molar-refractivity contribution in [3.63, 3.8) is 0 Å². The first-order chi connectivity index (χ1) is 8.01. The Bertz CT molecular complexity index is 215. The van der Waals surface area contributed by atoms with E-state index in [9.17, 15) is 0 Å². The zero-order chi connectivity index (χ0) is 13.0. The predicted molar refractivity (Wildman–Crippen MR) is 76.3 cm³/mol. The highest BCUT2D eigenvalue weighted by Crippen LogP contribution is 2.23. The Kier molecular flexibility index (Phi) is 5.94. The van der Waals surface area contributed by atoms with Crippen molar-refractivity contribution in [2.24, 2.45) is 11.8 Å². The largest absolute Gasteiger partial charge is 0.311 e. The molecule has 102 valence electrons. The van der Waals surface area contributed by atoms with E-state index in [0.717, 1.165) is 23.9 Å². The van der Waals surface area contributed by atoms with Gasteiger partial charge in [0, 0.05) is 31.2 Å². The fourth-order valence-electron chi connectivity index (χ4n) is 2.80. The second kappa shape index (κ2) is 6.75. The second-order valence-corrected chi connectivity index (χ2v) is 6.17. The molecule has 1 rings (SSSR count). The third kappa shape index (κ3) is 3.69. The zero-order valence-corrected chi connectivity index (χ0v) is 12.7. The van der Waals surface area contributed by atoms with Gasteiger partial charge in [-0.1, -0.05) is 41.0 Å². The highest BCUT2D eigenvalue weighted by Gasteiger charge is 2.33. The maximum Gasteiger partial charge on any atom is 0.0249 e. The van der Waals surface area contributed by atoms with Crippen LogP contribution >= 0.6 is 0 Å². The molecule has 0 aromatic heterocycles. The zero-order valence-electron chi connectivity index (χ0n) is 12.7. The van der Waals surface area contributed by atoms with Crippen LogP contribution in [0.25, 0.3) is 0 Å². The lowest BCUT2D eigenvalue weighted by molar-refractivity contribution is 0.0452. The third-order valence-corrected chi connectivity index (χ3v) is 4.69. The van der Waals surface area contributed by atoms with Gasteiger partial charge in [-0.05, 0) is 25.2 Å². The fraction of sp³-hybridized carbons (Fsp3) is 1.00. The number of nitrogens with zero attached hydrogens (tertiary/aromatic N) is 1. The molecule has 1 heterocycles. The minimum absolute atomic E-state index is 0.671. The molecule has 0 aliphatic carbocycles. The number of piperazine rings is 1. The second-order valence-electron chi connectivity index (χ2n) is 6.17. The van der Waals surface area contributed by atoms with Crippen LogP contribution < -0.4 is 5.32 Å². The number of rotatable bonds is 5. The van der Waals surface area contributed by atoms with Crippen molar-refractivity contribution < 1.29 is 0 Å². The summed E-state index contributed by atoms with van der Waals surface area (Å²) < 4.78 is 0. The molecule has 2 nitrogen and oxygen atoms in total. The predicted octanol–water partition coefficient (Wildman–Crippen LogP) is 3.13. The van der Waals surface area contributed by atoms with Crippen molar-refractivity contribution in [2.75, 3.05) is 13.1 Å². The lowest BCUT2D eigenvalue weighted by atomic mass is 9.90. The van der Waals surface area contributed by atoms with Crippen LogP contribution in [0.4, 0.5) is 0 Å². The Balaban J connectivity index is 2.72. The summed E-state index contributed by atoms with van der Waals surface area (Å²) in [6.07, 6.45) is 2.55. The Morgan fingerprint density at radius 1 is 1.12 bits per heavy atom. The summed E-state index contributed by atoms with van der Waals surface area (Å²) in [5.41, 5.74) is 0. The van der Waals surface area contributed by atoms with Crippen molar-refractivity contribution in [2.45, 2.75) is 72.5 Å². The molecule has 0 aromatic rings. The minimum Gasteiger partial charge on any atom is -0.311 e. The molecule has 4 unspecified atom stereocenters. The summed E-state index contributed by atoms with van der Waals surface area (Å²) >= 11 is 0. The Morgan fingerprint density at radius 3 is 2.24 bits per heavy atom. The van der Waals surface area contributed by atoms with Crippen LogP contribution in [0, 0.1) is 11.8 Å². The van der Waals surface area contributed by atoms with Gasteiger partial charge in [-0.25, -0.2) is 0 Å². The van der Waals surface area contributed by atoms with Gasteiger partial charge in [-0.2, -0.15) is 0 Å². The molecule has 17 heavy (non-hydrogen) atoms. The first kappa shape index (κ1) is 15.0. The van der Waals surface area contributed by atoms with Crippen molar-refractivity contribution in [3.05, 3.63) is 0 Å². The van der Waals surface area contributed by atoms with Gasteiger partial charge in [-0.3, -0.25) is 4.90 Å². The molecule has 0 aromatic carbocycles. The maximum atomic E-state index is 3.75. The van der Waals surface area contributed by atoms with Gasteiger partial charge in [-0.15, -0.1) is 0 Å². The molecule has 1 N–H and O–H groups in total. The smallest absolute Gasteiger partial charge is 0.0249 e. The first-order valence-electron chi connectivity index (χ1n) is 7.50. The number of hydrogen-bond acceptors (Lipinski definition) is 2. The maximum absolute atomic E-state index is 3.75. The van der Waals surface area contributed by atoms with E-state index < -0.39 is 0 Å². The van der Waals surface area contributed by atoms with Crippen LogP contribution in [0.3, 0.4) is 0 Å². The first-order valence-corrected chi connectivity index (χ1v) is 7.50. The highest BCUT2D eigenvalue weighted by molar-refractivity contribution is 4.91. The topological polar surface area (TPSA) is 15.3 Å². The summed E-state index contributed by atoms with van der Waals surface area (Å²) in [6.45, 7) is 16.5. The molecule has 1 saturated heterocycles. The van der Waals surface area contributed by atoms with Crippen LogP contribution in [0.5, 0.6) is 0 Å². The summed E-state index contributed by atoms with van der Waals surface area (Å²) in [6, 6.07) is 2.12. The van der Waals surface area contributed by atoms with Crippen LogP contribution in [-0.4, -0.2) is 36.1 Å². The van der Waals surface area contributed by atoms with Crippen LogP contribution in [0.15, 0.2) is 0 Å². The molecule has 0 radical (unpaired) electrons. The molecule has 0 bridgehead atoms. The molecule has 4 atom stereocenters. The lowest BCUT2D eigenvalue weighted by Gasteiger charge is -2.47. The van der Waals surface area contributed by atoms with Gasteiger partial charge in [0.1, 0.15) is 0 Å². The molecular weight excluding hydrogens is 208 g/mol. The van der Waals surface area contributed by atoms with E-state index in [2.05, 4.69) is 51.8 Å². The fourth-order valence-corrected chi connectivity index (χ4v) is 2.80. The van der Waals surface area contributed by atoms with Gasteiger partial charge >= 0.3 is 0 Å². The average molecular weight is 240 g/mol. The molecule has 0 amide bonds. The third-order valence-electron chi connectivity index (χ3n) is 4.69. The van der Waals surface area contributed by atoms with E-state index in [1.54, 1.807) is 0 Å². The van der Waals surface area contributed by atoms with Gasteiger partial charge in [0.05, 0.1) is 0 Å². The quantitative estimate of drug-likeness (QED) is 0.794. The summed E-state index contributed by atoms with van der Waals surface area (Å²) in [4.78, 5) is 2.76. The van der Waals surface area contributed by atoms with Gasteiger partial charge in [0.25, 0.3) is 0 Å². The number of nitrogens with one attached hydrogen (secondary N) is 1. The normalized spacial score (nSPS) is 30.5. The van der Waals surface area contributed by atoms with Crippen molar-refractivity contribution >= 4 is 0 Å². The molecule has 1 fully saturated rings. The highest BCUT2D eigenvalue weighted by atomic mass is 15.3. The monoisotopic (exact) mass is 240 g/mol. The van der Waals surface area contributed by atoms with Crippen LogP contribution in [0.2, 0.25) is 0 Å². The van der Waals surface area contributed by atoms with Gasteiger partial charge in [0.15, 0.2) is 0 Å². The number of hydrogen-bond donors (Lipinski definition) is 1. The summed E-state index contributed by atoms with van der Waals surface area (Å²) in [5, 5.41) is 3.75. The van der Waals surface area contributed by atoms with E-state index >= 15 is 0 Å². The standard InChI is InChI=1S/C15H32N2/c1-7-12(5)15-9-16-14(11(3)4)10-17(15)13(6)8-2/h11-16H,7-10H2,1-6H3. The van der Waals surface area contributed by atoms with E-state index in [0.29, 0.717) is 6.04 Å². The van der Waals surface area contributed by atoms with Gasteiger partial charge in [0.2, 0.25) is 0 Å². The van der Waals surface area contributed by atoms with E-state index in [-0.39, 0.29) is 0 Å². The summed E-state index contributed by atoms with van der Waals surface area (Å²) in [5.74, 6) is 1.53. The van der Waals surface area contributed by atoms with E-state index in [4.69, 9.17) is 0 Å². The van der Waals surface area contributed by atoms with Gasteiger partial charge < -0.3 is 5.32 Å². The Morgan fingerprint density at radius 2 is 1.76 bits per heavy atom. The van der Waals surface area contributed by atoms with E-state index in [1.165, 1.54) is 25.9 Å². The average Bonchev–Trinajstić information content (AvgIpc) is 2.35. The molecule has 0 spiro atoms. The molecule has 1 aliphatic rings. The summed E-state index contributed by atoms with van der Waals surface area (Å²) in [7, 11) is 0. The van der Waals surface area contributed by atoms with Crippen LogP contribution in [-0.2, 0) is 0 Å². The van der Waals surface area contributed by atoms with Crippen LogP contribution in [0.1, 0.15) is 54.4 Å². The minimum atomic E-state index is 0.671. The van der Waals surface area contributed by atoms with E-state index in [1.807, 2.05) is 0 Å². The van der Waals surface area contributed by atoms with Crippen molar-refractivity contribution in [1.29, 1.82) is 0 Å². The lowest BCUT2D eigenvalue weighted by Crippen LogP contribution is -2.61. The molecule has 2 heteroatoms. The Labute approximate surface area is 108 Å². The molecular formula is C15H32N2. The van der Waals surface area contributed by atoms with Crippen molar-refractivity contribution in [1.82, 2.24) is 10.2 Å².